The van der Waals surface area contributed by atoms with E-state index in [1.54, 1.807) is 0 Å². The number of hydrogen-bond acceptors (Lipinski definition) is 5. The molecule has 2 rings (SSSR count). The van der Waals surface area contributed by atoms with Crippen LogP contribution in [0.1, 0.15) is 87.2 Å². The van der Waals surface area contributed by atoms with Crippen molar-refractivity contribution in [3.05, 3.63) is 65.1 Å². The lowest BCUT2D eigenvalue weighted by atomic mass is 10.1. The lowest BCUT2D eigenvalue weighted by Crippen LogP contribution is -2.22. The number of aromatic hydroxyl groups is 1. The van der Waals surface area contributed by atoms with Gasteiger partial charge in [0.15, 0.2) is 0 Å². The molecular weight excluding hydrogens is 378 g/mol. The summed E-state index contributed by atoms with van der Waals surface area (Å²) in [7, 11) is 0. The average Bonchev–Trinajstić information content (AvgIpc) is 2.92. The van der Waals surface area contributed by atoms with E-state index in [1.165, 1.54) is 0 Å². The molecule has 0 heterocycles. The summed E-state index contributed by atoms with van der Waals surface area (Å²) < 4.78 is 159. The highest BCUT2D eigenvalue weighted by atomic mass is 16.5. The summed E-state index contributed by atoms with van der Waals surface area (Å²) in [4.78, 5) is 0. The van der Waals surface area contributed by atoms with Gasteiger partial charge in [-0.3, -0.25) is 0 Å². The third-order valence-electron chi connectivity index (χ3n) is 3.55. The van der Waals surface area contributed by atoms with E-state index in [4.69, 9.17) is 30.8 Å². The summed E-state index contributed by atoms with van der Waals surface area (Å²) in [5.74, 6) is -0.977. The largest absolute Gasteiger partial charge is 0.508 e. The highest BCUT2D eigenvalue weighted by Crippen LogP contribution is 2.22. The normalized spacial score (nSPS) is 25.3. The molecule has 0 bridgehead atoms. The van der Waals surface area contributed by atoms with Gasteiger partial charge in [-0.1, -0.05) is 49.1 Å². The van der Waals surface area contributed by atoms with Crippen molar-refractivity contribution in [2.45, 2.75) is 57.5 Å². The van der Waals surface area contributed by atoms with Crippen LogP contribution in [0.15, 0.2) is 48.4 Å². The zero-order valence-electron chi connectivity index (χ0n) is 35.1. The predicted octanol–water partition coefficient (Wildman–Crippen LogP) is 4.11. The van der Waals surface area contributed by atoms with Crippen LogP contribution in [0, 0.1) is 0 Å². The monoisotopic (exact) mass is 434 g/mol. The molecule has 0 saturated carbocycles. The first-order valence-electron chi connectivity index (χ1n) is 18.6. The maximum absolute atomic E-state index is 10.8. The molecule has 5 nitrogen and oxygen atoms in total. The lowest BCUT2D eigenvalue weighted by Gasteiger charge is -2.14. The standard InChI is InChI=1S/C25H37NO4/c27-20-23-18-22(13-14-24(23)28)25(29)19-26-15-7-1-2-8-16-30-17-9-6-12-21-10-4-3-5-11-21/h3-5,10-11,13-14,18,25-29H,1-2,6-9,12,15-17,19-20H2/i3D,6D2,9D2,10D,11D,12D2,13D,14D,15D2,17D2,18D,19D2,25D. The Labute approximate surface area is 207 Å². The van der Waals surface area contributed by atoms with E-state index in [0.717, 1.165) is 12.1 Å². The van der Waals surface area contributed by atoms with Gasteiger partial charge in [-0.05, 0) is 61.7 Å². The van der Waals surface area contributed by atoms with Crippen molar-refractivity contribution < 1.29 is 46.1 Å². The van der Waals surface area contributed by atoms with Crippen molar-refractivity contribution in [2.24, 2.45) is 0 Å². The van der Waals surface area contributed by atoms with Gasteiger partial charge < -0.3 is 25.4 Å². The van der Waals surface area contributed by atoms with Crippen molar-refractivity contribution >= 4 is 0 Å². The molecule has 0 aromatic heterocycles. The van der Waals surface area contributed by atoms with Crippen molar-refractivity contribution in [3.63, 3.8) is 0 Å². The molecule has 0 fully saturated rings. The highest BCUT2D eigenvalue weighted by molar-refractivity contribution is 5.36. The molecule has 1 unspecified atom stereocenters. The summed E-state index contributed by atoms with van der Waals surface area (Å²) in [6.45, 7) is -11.2. The molecule has 0 aliphatic carbocycles. The molecule has 4 N–H and O–H groups in total. The van der Waals surface area contributed by atoms with Crippen LogP contribution >= 0.6 is 0 Å². The van der Waals surface area contributed by atoms with Crippen LogP contribution in [-0.4, -0.2) is 41.5 Å². The topological polar surface area (TPSA) is 82.0 Å². The minimum atomic E-state index is -3.72. The maximum atomic E-state index is 10.8. The van der Waals surface area contributed by atoms with Crippen LogP contribution in [0.2, 0.25) is 0 Å². The van der Waals surface area contributed by atoms with Gasteiger partial charge in [-0.15, -0.1) is 0 Å². The summed E-state index contributed by atoms with van der Waals surface area (Å²) in [5.41, 5.74) is -2.65. The van der Waals surface area contributed by atoms with E-state index in [1.807, 2.05) is 5.32 Å². The van der Waals surface area contributed by atoms with E-state index in [0.29, 0.717) is 0 Å². The van der Waals surface area contributed by atoms with Crippen molar-refractivity contribution in [1.29, 1.82) is 0 Å². The fourth-order valence-electron chi connectivity index (χ4n) is 2.05. The number of nitrogens with one attached hydrogen (secondary N) is 1. The Hall–Kier alpha value is -1.92. The first-order valence-corrected chi connectivity index (χ1v) is 9.12. The molecule has 5 heteroatoms. The molecule has 0 amide bonds. The van der Waals surface area contributed by atoms with Crippen LogP contribution in [0.25, 0.3) is 0 Å². The number of ether oxygens (including phenoxy) is 1. The van der Waals surface area contributed by atoms with E-state index in [2.05, 4.69) is 0 Å². The molecule has 166 valence electrons. The zero-order valence-corrected chi connectivity index (χ0v) is 16.1. The Bertz CT molecular complexity index is 1490. The van der Waals surface area contributed by atoms with Gasteiger partial charge in [0, 0.05) is 38.9 Å². The Morgan fingerprint density at radius 2 is 1.90 bits per heavy atom. The molecule has 2 aromatic carbocycles. The number of rotatable bonds is 16. The van der Waals surface area contributed by atoms with Crippen LogP contribution < -0.4 is 5.32 Å². The summed E-state index contributed by atoms with van der Waals surface area (Å²) in [6.07, 6.45) is -15.0. The van der Waals surface area contributed by atoms with Gasteiger partial charge >= 0.3 is 0 Å². The lowest BCUT2D eigenvalue weighted by molar-refractivity contribution is 0.126. The molecule has 0 aliphatic heterocycles. The van der Waals surface area contributed by atoms with Crippen molar-refractivity contribution in [2.75, 3.05) is 26.2 Å². The minimum absolute atomic E-state index is 0.0414. The Morgan fingerprint density at radius 1 is 1.10 bits per heavy atom. The minimum Gasteiger partial charge on any atom is -0.508 e. The number of aliphatic hydroxyl groups is 2. The zero-order chi connectivity index (χ0) is 38.3. The summed E-state index contributed by atoms with van der Waals surface area (Å²) >= 11 is 0. The van der Waals surface area contributed by atoms with E-state index in [9.17, 15) is 15.3 Å². The van der Waals surface area contributed by atoms with Gasteiger partial charge in [0.05, 0.1) is 25.0 Å². The second-order valence-electron chi connectivity index (χ2n) is 5.77. The third kappa shape index (κ3) is 9.72. The Morgan fingerprint density at radius 3 is 2.70 bits per heavy atom. The van der Waals surface area contributed by atoms with E-state index >= 15 is 0 Å². The average molecular weight is 435 g/mol. The second kappa shape index (κ2) is 15.0. The first kappa shape index (κ1) is 8.91. The molecule has 0 spiro atoms. The van der Waals surface area contributed by atoms with Gasteiger partial charge in [-0.2, -0.15) is 0 Å². The third-order valence-corrected chi connectivity index (χ3v) is 3.55. The predicted molar refractivity (Wildman–Crippen MR) is 121 cm³/mol. The van der Waals surface area contributed by atoms with Crippen molar-refractivity contribution in [3.8, 4) is 5.75 Å². The maximum Gasteiger partial charge on any atom is 0.121 e. The molecule has 0 saturated heterocycles. The van der Waals surface area contributed by atoms with Gasteiger partial charge in [-0.25, -0.2) is 0 Å². The first-order chi connectivity index (χ1) is 21.9. The Balaban J connectivity index is 2.09. The quantitative estimate of drug-likeness (QED) is 0.299. The molecule has 1 atom stereocenters. The molecule has 2 aromatic rings. The molecule has 0 aliphatic rings. The fourth-order valence-corrected chi connectivity index (χ4v) is 2.05. The molecule has 30 heavy (non-hydrogen) atoms. The summed E-state index contributed by atoms with van der Waals surface area (Å²) in [6, 6.07) is -3.27. The highest BCUT2D eigenvalue weighted by Gasteiger charge is 2.09. The number of hydrogen-bond donors (Lipinski definition) is 4. The van der Waals surface area contributed by atoms with E-state index in [-0.39, 0.29) is 25.3 Å². The van der Waals surface area contributed by atoms with Crippen molar-refractivity contribution in [1.82, 2.24) is 5.32 Å². The SMILES string of the molecule is [2H]c1cc([2H])c(C([2H])([2H])C([2H])([2H])C([2H])([2H])C([2H])([2H])OCCCCCC([2H])([2H])NC([2H])([2H])C([2H])(O)c2c([2H])c([2H])c(O)c(CO)c2[2H])c([2H])c1. The number of unbranched alkanes of at least 4 members (excludes halogenated alkanes) is 2. The van der Waals surface area contributed by atoms with Gasteiger partial charge in [0.2, 0.25) is 0 Å². The van der Waals surface area contributed by atoms with Crippen LogP contribution in [0.3, 0.4) is 0 Å². The second-order valence-corrected chi connectivity index (χ2v) is 5.77. The number of benzene rings is 2. The molecular formula is C25H37NO4. The van der Waals surface area contributed by atoms with Gasteiger partial charge in [0.1, 0.15) is 5.75 Å². The fraction of sp³-hybridized carbons (Fsp3) is 0.520. The van der Waals surface area contributed by atoms with Crippen LogP contribution in [-0.2, 0) is 17.7 Å². The summed E-state index contributed by atoms with van der Waals surface area (Å²) in [5, 5.41) is 32.0. The Kier molecular flexibility index (Phi) is 4.44. The smallest absolute Gasteiger partial charge is 0.121 e. The molecule has 0 radical (unpaired) electrons. The van der Waals surface area contributed by atoms with Crippen LogP contribution in [0.5, 0.6) is 5.75 Å². The van der Waals surface area contributed by atoms with Crippen LogP contribution in [0.4, 0.5) is 0 Å². The number of phenols is 1. The van der Waals surface area contributed by atoms with Gasteiger partial charge in [0.25, 0.3) is 0 Å². The van der Waals surface area contributed by atoms with E-state index < -0.39 is 117 Å². The number of aliphatic hydroxyl groups excluding tert-OH is 1.